The van der Waals surface area contributed by atoms with Gasteiger partial charge in [0.15, 0.2) is 12.6 Å². The van der Waals surface area contributed by atoms with Gasteiger partial charge in [0, 0.05) is 44.4 Å². The van der Waals surface area contributed by atoms with Crippen molar-refractivity contribution in [2.24, 2.45) is 28.8 Å². The second kappa shape index (κ2) is 20.8. The summed E-state index contributed by atoms with van der Waals surface area (Å²) in [4.78, 5) is 22.7. The molecule has 344 valence electrons. The van der Waals surface area contributed by atoms with Gasteiger partial charge in [0.05, 0.1) is 53.4 Å². The first-order valence-corrected chi connectivity index (χ1v) is 22.1. The van der Waals surface area contributed by atoms with Crippen molar-refractivity contribution in [2.75, 3.05) is 28.3 Å². The van der Waals surface area contributed by atoms with E-state index in [0.717, 1.165) is 32.1 Å². The summed E-state index contributed by atoms with van der Waals surface area (Å²) >= 11 is 0. The standard InChI is InChI=1S/C44H80N2O13/c1-15-32-44(10,51)37(48)26(4)34(45-59-30-19-17-16-18-20-30)24(2)22-43(9,53-14)39(58-41-35(47)31(46(11)12)21-25(3)54-41)27(5)36(28(6)40(50)56-32)57-33-23-42(8,52-13)38(49)29(7)55-33/h24-33,35-39,41,47-49,51H,15-23H2,1-14H3/b45-34+/t24-,25?,26+,27+,28-,29?,31?,32-,33?,35?,36?,37-,38?,39-,41?,42?,43-,44-/m1/s1. The lowest BCUT2D eigenvalue weighted by Crippen LogP contribution is -2.61. The van der Waals surface area contributed by atoms with E-state index in [0.29, 0.717) is 12.1 Å². The Labute approximate surface area is 353 Å². The molecule has 0 amide bonds. The van der Waals surface area contributed by atoms with Gasteiger partial charge in [-0.25, -0.2) is 0 Å². The maximum absolute atomic E-state index is 14.5. The highest BCUT2D eigenvalue weighted by Gasteiger charge is 2.54. The first-order chi connectivity index (χ1) is 27.5. The highest BCUT2D eigenvalue weighted by Crippen LogP contribution is 2.42. The number of aliphatic hydroxyl groups is 4. The molecule has 0 aromatic rings. The van der Waals surface area contributed by atoms with Crippen LogP contribution in [0.2, 0.25) is 0 Å². The Morgan fingerprint density at radius 1 is 0.847 bits per heavy atom. The van der Waals surface area contributed by atoms with Crippen LogP contribution in [0, 0.1) is 23.7 Å². The first-order valence-electron chi connectivity index (χ1n) is 22.1. The Morgan fingerprint density at radius 2 is 1.47 bits per heavy atom. The van der Waals surface area contributed by atoms with Crippen LogP contribution in [0.25, 0.3) is 0 Å². The molecule has 4 rings (SSSR count). The highest BCUT2D eigenvalue weighted by molar-refractivity contribution is 5.88. The normalized spacial score (nSPS) is 47.1. The molecule has 0 aromatic heterocycles. The zero-order valence-corrected chi connectivity index (χ0v) is 38.5. The molecule has 3 aliphatic heterocycles. The summed E-state index contributed by atoms with van der Waals surface area (Å²) in [6.45, 7) is 18.1. The highest BCUT2D eigenvalue weighted by atomic mass is 16.7. The van der Waals surface area contributed by atoms with E-state index in [1.807, 2.05) is 46.7 Å². The zero-order valence-electron chi connectivity index (χ0n) is 38.5. The molecule has 59 heavy (non-hydrogen) atoms. The molecule has 1 aliphatic carbocycles. The third-order valence-electron chi connectivity index (χ3n) is 14.2. The van der Waals surface area contributed by atoms with Gasteiger partial charge in [-0.15, -0.1) is 0 Å². The van der Waals surface area contributed by atoms with Gasteiger partial charge in [0.25, 0.3) is 0 Å². The predicted molar refractivity (Wildman–Crippen MR) is 221 cm³/mol. The van der Waals surface area contributed by atoms with Crippen LogP contribution in [-0.2, 0) is 42.8 Å². The minimum atomic E-state index is -1.89. The SMILES string of the molecule is CC[C@H]1OC(=O)[C@H](C)C(OC2CC(C)(OC)C(O)C(C)O2)[C@H](C)[C@@H](OC2OC(C)CC(N(C)C)C2O)[C@](C)(OC)C[C@@H](C)/C(=N\OC2CCCCC2)[C@H](C)[C@@H](O)[C@]1(C)O. The van der Waals surface area contributed by atoms with Crippen molar-refractivity contribution < 1.29 is 63.2 Å². The number of cyclic esters (lactones) is 1. The fraction of sp³-hybridized carbons (Fsp3) is 0.955. The van der Waals surface area contributed by atoms with Crippen molar-refractivity contribution in [3.05, 3.63) is 0 Å². The molecule has 0 bridgehead atoms. The number of nitrogens with zero attached hydrogens (tertiary/aromatic N) is 2. The summed E-state index contributed by atoms with van der Waals surface area (Å²) in [7, 11) is 6.94. The molecule has 4 aliphatic rings. The van der Waals surface area contributed by atoms with Crippen LogP contribution in [0.5, 0.6) is 0 Å². The molecule has 0 radical (unpaired) electrons. The van der Waals surface area contributed by atoms with E-state index in [1.165, 1.54) is 14.0 Å². The summed E-state index contributed by atoms with van der Waals surface area (Å²) in [5.74, 6) is -3.46. The maximum Gasteiger partial charge on any atom is 0.311 e. The number of carbonyl (C=O) groups excluding carboxylic acids is 1. The van der Waals surface area contributed by atoms with Crippen LogP contribution in [-0.4, -0.2) is 156 Å². The molecule has 4 fully saturated rings. The first kappa shape index (κ1) is 50.1. The van der Waals surface area contributed by atoms with Gasteiger partial charge in [-0.1, -0.05) is 39.3 Å². The van der Waals surface area contributed by atoms with Crippen molar-refractivity contribution >= 4 is 11.7 Å². The molecule has 15 nitrogen and oxygen atoms in total. The fourth-order valence-electron chi connectivity index (χ4n) is 10.1. The number of hydrogen-bond donors (Lipinski definition) is 4. The van der Waals surface area contributed by atoms with Crippen LogP contribution >= 0.6 is 0 Å². The van der Waals surface area contributed by atoms with E-state index in [4.69, 9.17) is 43.2 Å². The number of carbonyl (C=O) groups is 1. The number of esters is 1. The molecule has 0 aromatic carbocycles. The molecular formula is C44H80N2O13. The molecule has 4 N–H and O–H groups in total. The Morgan fingerprint density at radius 3 is 2.05 bits per heavy atom. The van der Waals surface area contributed by atoms with Crippen molar-refractivity contribution in [3.63, 3.8) is 0 Å². The topological polar surface area (TPSA) is 187 Å². The quantitative estimate of drug-likeness (QED) is 0.177. The number of ether oxygens (including phenoxy) is 7. The van der Waals surface area contributed by atoms with E-state index in [-0.39, 0.29) is 37.5 Å². The molecule has 3 saturated heterocycles. The Kier molecular flexibility index (Phi) is 17.7. The molecule has 3 heterocycles. The van der Waals surface area contributed by atoms with Crippen LogP contribution in [0.15, 0.2) is 5.16 Å². The Balaban J connectivity index is 1.90. The van der Waals surface area contributed by atoms with Crippen molar-refractivity contribution in [1.82, 2.24) is 4.90 Å². The van der Waals surface area contributed by atoms with E-state index >= 15 is 0 Å². The van der Waals surface area contributed by atoms with Crippen LogP contribution in [0.1, 0.15) is 127 Å². The van der Waals surface area contributed by atoms with Gasteiger partial charge in [-0.2, -0.15) is 0 Å². The molecule has 9 unspecified atom stereocenters. The number of hydrogen-bond acceptors (Lipinski definition) is 15. The summed E-state index contributed by atoms with van der Waals surface area (Å²) in [5, 5.41) is 51.8. The maximum atomic E-state index is 14.5. The third kappa shape index (κ3) is 11.4. The minimum Gasteiger partial charge on any atom is -0.459 e. The van der Waals surface area contributed by atoms with Gasteiger partial charge < -0.3 is 63.3 Å². The predicted octanol–water partition coefficient (Wildman–Crippen LogP) is 4.58. The summed E-state index contributed by atoms with van der Waals surface area (Å²) < 4.78 is 44.9. The lowest BCUT2D eigenvalue weighted by molar-refractivity contribution is -0.319. The molecule has 1 saturated carbocycles. The molecule has 15 heteroatoms. The van der Waals surface area contributed by atoms with Crippen molar-refractivity contribution in [1.29, 1.82) is 0 Å². The van der Waals surface area contributed by atoms with Crippen LogP contribution in [0.4, 0.5) is 0 Å². The second-order valence-corrected chi connectivity index (χ2v) is 19.1. The molecule has 0 spiro atoms. The van der Waals surface area contributed by atoms with E-state index in [9.17, 15) is 25.2 Å². The van der Waals surface area contributed by atoms with Crippen LogP contribution < -0.4 is 0 Å². The third-order valence-corrected chi connectivity index (χ3v) is 14.2. The average Bonchev–Trinajstić information content (AvgIpc) is 3.19. The lowest BCUT2D eigenvalue weighted by atomic mass is 9.73. The summed E-state index contributed by atoms with van der Waals surface area (Å²) in [6, 6.07) is -0.265. The Hall–Kier alpha value is -1.50. The van der Waals surface area contributed by atoms with E-state index in [1.54, 1.807) is 41.7 Å². The van der Waals surface area contributed by atoms with Gasteiger partial charge in [0.2, 0.25) is 0 Å². The number of oxime groups is 1. The smallest absolute Gasteiger partial charge is 0.311 e. The van der Waals surface area contributed by atoms with Crippen molar-refractivity contribution in [2.45, 2.75) is 217 Å². The largest absolute Gasteiger partial charge is 0.459 e. The van der Waals surface area contributed by atoms with Gasteiger partial charge in [-0.05, 0) is 101 Å². The van der Waals surface area contributed by atoms with Crippen LogP contribution in [0.3, 0.4) is 0 Å². The molecular weight excluding hydrogens is 764 g/mol. The van der Waals surface area contributed by atoms with E-state index in [2.05, 4.69) is 0 Å². The number of rotatable bonds is 10. The summed E-state index contributed by atoms with van der Waals surface area (Å²) in [5.41, 5.74) is -3.55. The van der Waals surface area contributed by atoms with Gasteiger partial charge in [0.1, 0.15) is 30.0 Å². The average molecular weight is 845 g/mol. The monoisotopic (exact) mass is 845 g/mol. The van der Waals surface area contributed by atoms with E-state index < -0.39 is 102 Å². The summed E-state index contributed by atoms with van der Waals surface area (Å²) in [6.07, 6.45) is -3.16. The van der Waals surface area contributed by atoms with Gasteiger partial charge >= 0.3 is 5.97 Å². The van der Waals surface area contributed by atoms with Gasteiger partial charge in [-0.3, -0.25) is 4.79 Å². The fourth-order valence-corrected chi connectivity index (χ4v) is 10.1. The Bertz CT molecular complexity index is 1360. The second-order valence-electron chi connectivity index (χ2n) is 19.1. The van der Waals surface area contributed by atoms with Crippen molar-refractivity contribution in [3.8, 4) is 0 Å². The zero-order chi connectivity index (χ0) is 44.2. The lowest BCUT2D eigenvalue weighted by Gasteiger charge is -2.50. The number of likely N-dealkylation sites (N-methyl/N-ethyl adjacent to an activating group) is 1. The minimum absolute atomic E-state index is 0.0718. The molecule has 18 atom stereocenters. The number of methoxy groups -OCH3 is 2. The number of aliphatic hydroxyl groups excluding tert-OH is 3.